The maximum Gasteiger partial charge on any atom is 0.310 e. The first-order chi connectivity index (χ1) is 12.2. The molecule has 0 aliphatic heterocycles. The van der Waals surface area contributed by atoms with Crippen LogP contribution in [-0.4, -0.2) is 23.8 Å². The number of benzene rings is 2. The molecule has 4 heteroatoms. The van der Waals surface area contributed by atoms with Gasteiger partial charge in [0.15, 0.2) is 0 Å². The molecule has 2 aromatic carbocycles. The molecular weight excluding hydrogens is 316 g/mol. The summed E-state index contributed by atoms with van der Waals surface area (Å²) in [6, 6.07) is 19.7. The molecule has 0 heterocycles. The highest BCUT2D eigenvalue weighted by Gasteiger charge is 2.37. The molecule has 0 fully saturated rings. The largest absolute Gasteiger partial charge is 0.481 e. The smallest absolute Gasteiger partial charge is 0.310 e. The number of carboxylic acid groups (broad SMARTS) is 1. The molecular formula is C21H22O4. The molecule has 0 bridgehead atoms. The molecule has 0 aromatic heterocycles. The molecule has 1 aliphatic rings. The zero-order chi connectivity index (χ0) is 17.5. The topological polar surface area (TPSA) is 55.8 Å². The summed E-state index contributed by atoms with van der Waals surface area (Å²) in [6.45, 7) is 1.27. The van der Waals surface area contributed by atoms with E-state index >= 15 is 0 Å². The first-order valence-electron chi connectivity index (χ1n) is 8.42. The molecule has 4 nitrogen and oxygen atoms in total. The van der Waals surface area contributed by atoms with Crippen molar-refractivity contribution in [2.75, 3.05) is 6.61 Å². The average molecular weight is 338 g/mol. The maximum atomic E-state index is 11.5. The molecule has 25 heavy (non-hydrogen) atoms. The van der Waals surface area contributed by atoms with E-state index in [1.807, 2.05) is 66.7 Å². The molecule has 3 unspecified atom stereocenters. The fraction of sp³-hybridized carbons (Fsp3) is 0.286. The van der Waals surface area contributed by atoms with Gasteiger partial charge < -0.3 is 14.6 Å². The number of aliphatic carboxylic acids is 1. The lowest BCUT2D eigenvalue weighted by Crippen LogP contribution is -2.31. The number of carboxylic acids is 1. The van der Waals surface area contributed by atoms with Crippen molar-refractivity contribution in [2.24, 2.45) is 11.8 Å². The average Bonchev–Trinajstić information content (AvgIpc) is 3.05. The zero-order valence-corrected chi connectivity index (χ0v) is 14.0. The van der Waals surface area contributed by atoms with Gasteiger partial charge in [-0.3, -0.25) is 4.79 Å². The fourth-order valence-corrected chi connectivity index (χ4v) is 3.02. The van der Waals surface area contributed by atoms with Crippen LogP contribution in [0.1, 0.15) is 11.1 Å². The SMILES string of the molecule is O=C(O)C1C=CC(OCc2ccccc2)C1COCc1ccccc1. The highest BCUT2D eigenvalue weighted by molar-refractivity contribution is 5.73. The van der Waals surface area contributed by atoms with Crippen molar-refractivity contribution in [3.63, 3.8) is 0 Å². The van der Waals surface area contributed by atoms with Crippen LogP contribution in [0.15, 0.2) is 72.8 Å². The van der Waals surface area contributed by atoms with E-state index in [-0.39, 0.29) is 12.0 Å². The van der Waals surface area contributed by atoms with E-state index in [0.717, 1.165) is 11.1 Å². The van der Waals surface area contributed by atoms with Crippen LogP contribution in [0.2, 0.25) is 0 Å². The first-order valence-corrected chi connectivity index (χ1v) is 8.42. The minimum atomic E-state index is -0.838. The standard InChI is InChI=1S/C21H22O4/c22-21(23)18-11-12-20(25-14-17-9-5-2-6-10-17)19(18)15-24-13-16-7-3-1-4-8-16/h1-12,18-20H,13-15H2,(H,22,23). The predicted molar refractivity (Wildman–Crippen MR) is 94.9 cm³/mol. The highest BCUT2D eigenvalue weighted by Crippen LogP contribution is 2.29. The molecule has 0 amide bonds. The Balaban J connectivity index is 1.57. The summed E-state index contributed by atoms with van der Waals surface area (Å²) in [6.07, 6.45) is 3.31. The van der Waals surface area contributed by atoms with Crippen molar-refractivity contribution in [2.45, 2.75) is 19.3 Å². The number of hydrogen-bond acceptors (Lipinski definition) is 3. The Morgan fingerprint density at radius 2 is 1.48 bits per heavy atom. The monoisotopic (exact) mass is 338 g/mol. The van der Waals surface area contributed by atoms with Gasteiger partial charge in [-0.05, 0) is 11.1 Å². The second-order valence-corrected chi connectivity index (χ2v) is 6.17. The molecule has 0 saturated heterocycles. The molecule has 3 rings (SSSR count). The van der Waals surface area contributed by atoms with Crippen LogP contribution >= 0.6 is 0 Å². The molecule has 130 valence electrons. The van der Waals surface area contributed by atoms with Gasteiger partial charge in [0.05, 0.1) is 31.8 Å². The van der Waals surface area contributed by atoms with E-state index in [2.05, 4.69) is 0 Å². The number of ether oxygens (including phenoxy) is 2. The van der Waals surface area contributed by atoms with Gasteiger partial charge >= 0.3 is 5.97 Å². The van der Waals surface area contributed by atoms with E-state index < -0.39 is 11.9 Å². The fourth-order valence-electron chi connectivity index (χ4n) is 3.02. The van der Waals surface area contributed by atoms with Gasteiger partial charge in [-0.15, -0.1) is 0 Å². The number of rotatable bonds is 8. The Kier molecular flexibility index (Phi) is 5.99. The lowest BCUT2D eigenvalue weighted by Gasteiger charge is -2.23. The van der Waals surface area contributed by atoms with E-state index in [0.29, 0.717) is 19.8 Å². The van der Waals surface area contributed by atoms with E-state index in [1.165, 1.54) is 0 Å². The summed E-state index contributed by atoms with van der Waals surface area (Å²) >= 11 is 0. The van der Waals surface area contributed by atoms with Crippen molar-refractivity contribution in [3.05, 3.63) is 83.9 Å². The molecule has 2 aromatic rings. The van der Waals surface area contributed by atoms with Crippen LogP contribution in [0.5, 0.6) is 0 Å². The van der Waals surface area contributed by atoms with E-state index in [1.54, 1.807) is 6.08 Å². The lowest BCUT2D eigenvalue weighted by atomic mass is 9.94. The van der Waals surface area contributed by atoms with Gasteiger partial charge in [-0.2, -0.15) is 0 Å². The Labute approximate surface area is 147 Å². The third-order valence-corrected chi connectivity index (χ3v) is 4.38. The highest BCUT2D eigenvalue weighted by atomic mass is 16.5. The summed E-state index contributed by atoms with van der Waals surface area (Å²) < 4.78 is 11.7. The number of hydrogen-bond donors (Lipinski definition) is 1. The van der Waals surface area contributed by atoms with Crippen molar-refractivity contribution < 1.29 is 19.4 Å². The van der Waals surface area contributed by atoms with E-state index in [4.69, 9.17) is 9.47 Å². The summed E-state index contributed by atoms with van der Waals surface area (Å²) in [5.74, 6) is -1.63. The Bertz CT molecular complexity index is 696. The summed E-state index contributed by atoms with van der Waals surface area (Å²) in [7, 11) is 0. The van der Waals surface area contributed by atoms with Gasteiger partial charge in [-0.25, -0.2) is 0 Å². The summed E-state index contributed by atoms with van der Waals surface area (Å²) in [4.78, 5) is 11.5. The van der Waals surface area contributed by atoms with Gasteiger partial charge in [0.25, 0.3) is 0 Å². The third-order valence-electron chi connectivity index (χ3n) is 4.38. The molecule has 0 spiro atoms. The molecule has 0 saturated carbocycles. The van der Waals surface area contributed by atoms with Gasteiger partial charge in [0, 0.05) is 5.92 Å². The van der Waals surface area contributed by atoms with Crippen molar-refractivity contribution in [3.8, 4) is 0 Å². The molecule has 3 atom stereocenters. The van der Waals surface area contributed by atoms with Crippen LogP contribution in [-0.2, 0) is 27.5 Å². The second-order valence-electron chi connectivity index (χ2n) is 6.17. The van der Waals surface area contributed by atoms with Crippen molar-refractivity contribution in [1.82, 2.24) is 0 Å². The quantitative estimate of drug-likeness (QED) is 0.746. The van der Waals surface area contributed by atoms with E-state index in [9.17, 15) is 9.90 Å². The normalized spacial score (nSPS) is 22.2. The minimum Gasteiger partial charge on any atom is -0.481 e. The Hall–Kier alpha value is -2.43. The molecule has 0 radical (unpaired) electrons. The summed E-state index contributed by atoms with van der Waals surface area (Å²) in [5, 5.41) is 9.44. The van der Waals surface area contributed by atoms with Crippen molar-refractivity contribution in [1.29, 1.82) is 0 Å². The van der Waals surface area contributed by atoms with Crippen LogP contribution in [0, 0.1) is 11.8 Å². The number of carbonyl (C=O) groups is 1. The summed E-state index contributed by atoms with van der Waals surface area (Å²) in [5.41, 5.74) is 2.14. The third kappa shape index (κ3) is 4.78. The van der Waals surface area contributed by atoms with Crippen LogP contribution < -0.4 is 0 Å². The molecule has 1 aliphatic carbocycles. The van der Waals surface area contributed by atoms with Gasteiger partial charge in [0.2, 0.25) is 0 Å². The van der Waals surface area contributed by atoms with Crippen LogP contribution in [0.4, 0.5) is 0 Å². The van der Waals surface area contributed by atoms with Crippen LogP contribution in [0.3, 0.4) is 0 Å². The lowest BCUT2D eigenvalue weighted by molar-refractivity contribution is -0.144. The maximum absolute atomic E-state index is 11.5. The van der Waals surface area contributed by atoms with Gasteiger partial charge in [0.1, 0.15) is 0 Å². The Morgan fingerprint density at radius 3 is 2.08 bits per heavy atom. The Morgan fingerprint density at radius 1 is 0.880 bits per heavy atom. The van der Waals surface area contributed by atoms with Gasteiger partial charge in [-0.1, -0.05) is 72.8 Å². The molecule has 1 N–H and O–H groups in total. The second kappa shape index (κ2) is 8.60. The first kappa shape index (κ1) is 17.4. The van der Waals surface area contributed by atoms with Crippen molar-refractivity contribution >= 4 is 5.97 Å². The minimum absolute atomic E-state index is 0.218. The zero-order valence-electron chi connectivity index (χ0n) is 14.0. The predicted octanol–water partition coefficient (Wildman–Crippen LogP) is 3.68. The van der Waals surface area contributed by atoms with Crippen LogP contribution in [0.25, 0.3) is 0 Å².